The van der Waals surface area contributed by atoms with Crippen molar-refractivity contribution in [1.29, 1.82) is 0 Å². The summed E-state index contributed by atoms with van der Waals surface area (Å²) in [5, 5.41) is 0.351. The van der Waals surface area contributed by atoms with E-state index in [4.69, 9.17) is 34.8 Å². The van der Waals surface area contributed by atoms with Gasteiger partial charge in [-0.05, 0) is 12.1 Å². The predicted molar refractivity (Wildman–Crippen MR) is 67.7 cm³/mol. The van der Waals surface area contributed by atoms with Gasteiger partial charge in [0, 0.05) is 6.07 Å². The summed E-state index contributed by atoms with van der Waals surface area (Å²) < 4.78 is 0.861. The number of hydrogen-bond donors (Lipinski definition) is 1. The standard InChI is InChI=1S/C10H5Cl3N2O2/c11-5-2-1-3-6(9(5)13)15-8(16)4-7(12)14-10(15)17/h1-4H,(H,14,17). The molecule has 0 aliphatic carbocycles. The second-order valence-electron chi connectivity index (χ2n) is 3.17. The number of halogens is 3. The number of benzene rings is 1. The molecule has 1 aromatic heterocycles. The summed E-state index contributed by atoms with van der Waals surface area (Å²) in [4.78, 5) is 25.6. The number of aromatic nitrogens is 2. The summed E-state index contributed by atoms with van der Waals surface area (Å²) in [6.07, 6.45) is 0. The van der Waals surface area contributed by atoms with E-state index in [2.05, 4.69) is 4.98 Å². The van der Waals surface area contributed by atoms with Gasteiger partial charge in [-0.1, -0.05) is 40.9 Å². The Morgan fingerprint density at radius 2 is 1.82 bits per heavy atom. The largest absolute Gasteiger partial charge is 0.334 e. The maximum absolute atomic E-state index is 11.7. The number of hydrogen-bond acceptors (Lipinski definition) is 2. The molecule has 1 aromatic carbocycles. The quantitative estimate of drug-likeness (QED) is 0.821. The molecule has 7 heteroatoms. The van der Waals surface area contributed by atoms with Crippen molar-refractivity contribution < 1.29 is 0 Å². The zero-order chi connectivity index (χ0) is 12.6. The van der Waals surface area contributed by atoms with E-state index in [-0.39, 0.29) is 20.9 Å². The fourth-order valence-corrected chi connectivity index (χ4v) is 1.91. The molecule has 0 radical (unpaired) electrons. The van der Waals surface area contributed by atoms with Gasteiger partial charge in [-0.25, -0.2) is 9.36 Å². The topological polar surface area (TPSA) is 54.9 Å². The molecular weight excluding hydrogens is 286 g/mol. The van der Waals surface area contributed by atoms with Crippen molar-refractivity contribution in [3.8, 4) is 5.69 Å². The first-order valence-electron chi connectivity index (χ1n) is 4.47. The highest BCUT2D eigenvalue weighted by molar-refractivity contribution is 6.43. The van der Waals surface area contributed by atoms with Crippen molar-refractivity contribution in [2.75, 3.05) is 0 Å². The lowest BCUT2D eigenvalue weighted by molar-refractivity contribution is 0.876. The van der Waals surface area contributed by atoms with Crippen LogP contribution in [0.15, 0.2) is 33.9 Å². The Balaban J connectivity index is 2.83. The molecule has 0 saturated heterocycles. The van der Waals surface area contributed by atoms with Crippen LogP contribution in [0, 0.1) is 0 Å². The van der Waals surface area contributed by atoms with E-state index in [1.165, 1.54) is 6.07 Å². The molecular formula is C10H5Cl3N2O2. The molecule has 0 fully saturated rings. The van der Waals surface area contributed by atoms with Crippen molar-refractivity contribution in [2.24, 2.45) is 0 Å². The lowest BCUT2D eigenvalue weighted by atomic mass is 10.3. The average Bonchev–Trinajstić information content (AvgIpc) is 2.23. The van der Waals surface area contributed by atoms with Gasteiger partial charge in [0.05, 0.1) is 15.7 Å². The van der Waals surface area contributed by atoms with Crippen LogP contribution >= 0.6 is 34.8 Å². The molecule has 1 heterocycles. The van der Waals surface area contributed by atoms with Gasteiger partial charge >= 0.3 is 5.69 Å². The van der Waals surface area contributed by atoms with E-state index in [1.54, 1.807) is 12.1 Å². The molecule has 0 atom stereocenters. The molecule has 0 aliphatic rings. The third-order valence-electron chi connectivity index (χ3n) is 2.07. The molecule has 17 heavy (non-hydrogen) atoms. The maximum Gasteiger partial charge on any atom is 0.334 e. The van der Waals surface area contributed by atoms with Gasteiger partial charge in [-0.3, -0.25) is 9.78 Å². The highest BCUT2D eigenvalue weighted by atomic mass is 35.5. The van der Waals surface area contributed by atoms with Crippen molar-refractivity contribution in [2.45, 2.75) is 0 Å². The van der Waals surface area contributed by atoms with Crippen LogP contribution in [0.5, 0.6) is 0 Å². The van der Waals surface area contributed by atoms with Crippen LogP contribution in [-0.4, -0.2) is 9.55 Å². The van der Waals surface area contributed by atoms with Crippen molar-refractivity contribution in [1.82, 2.24) is 9.55 Å². The number of aromatic amines is 1. The minimum absolute atomic E-state index is 0.0330. The normalized spacial score (nSPS) is 10.5. The summed E-state index contributed by atoms with van der Waals surface area (Å²) in [5.74, 6) is 0. The second kappa shape index (κ2) is 4.56. The van der Waals surface area contributed by atoms with Crippen LogP contribution in [0.1, 0.15) is 0 Å². The zero-order valence-corrected chi connectivity index (χ0v) is 10.5. The van der Waals surface area contributed by atoms with Crippen LogP contribution in [-0.2, 0) is 0 Å². The zero-order valence-electron chi connectivity index (χ0n) is 8.21. The molecule has 0 unspecified atom stereocenters. The first kappa shape index (κ1) is 12.2. The van der Waals surface area contributed by atoms with Crippen molar-refractivity contribution >= 4 is 34.8 Å². The average molecular weight is 292 g/mol. The smallest absolute Gasteiger partial charge is 0.297 e. The van der Waals surface area contributed by atoms with Crippen LogP contribution in [0.2, 0.25) is 15.2 Å². The summed E-state index contributed by atoms with van der Waals surface area (Å²) in [6, 6.07) is 5.74. The molecule has 4 nitrogen and oxygen atoms in total. The Kier molecular flexibility index (Phi) is 3.28. The first-order chi connectivity index (χ1) is 8.00. The number of nitrogens with zero attached hydrogens (tertiary/aromatic N) is 1. The van der Waals surface area contributed by atoms with E-state index in [0.29, 0.717) is 0 Å². The molecule has 0 spiro atoms. The Morgan fingerprint density at radius 1 is 1.12 bits per heavy atom. The molecule has 88 valence electrons. The first-order valence-corrected chi connectivity index (χ1v) is 5.60. The van der Waals surface area contributed by atoms with E-state index >= 15 is 0 Å². The molecule has 0 bridgehead atoms. The number of H-pyrrole nitrogens is 1. The maximum atomic E-state index is 11.7. The van der Waals surface area contributed by atoms with Gasteiger partial charge in [0.15, 0.2) is 0 Å². The van der Waals surface area contributed by atoms with E-state index < -0.39 is 11.2 Å². The van der Waals surface area contributed by atoms with Crippen molar-refractivity contribution in [3.63, 3.8) is 0 Å². The van der Waals surface area contributed by atoms with Crippen LogP contribution < -0.4 is 11.2 Å². The Hall–Kier alpha value is -1.23. The Bertz CT molecular complexity index is 659. The van der Waals surface area contributed by atoms with E-state index in [1.807, 2.05) is 0 Å². The number of rotatable bonds is 1. The van der Waals surface area contributed by atoms with Gasteiger partial charge in [-0.2, -0.15) is 0 Å². The predicted octanol–water partition coefficient (Wildman–Crippen LogP) is 2.49. The SMILES string of the molecule is O=c1cc(Cl)[nH]c(=O)n1-c1cccc(Cl)c1Cl. The third kappa shape index (κ3) is 2.24. The Labute approximate surface area is 110 Å². The minimum atomic E-state index is -0.674. The van der Waals surface area contributed by atoms with Gasteiger partial charge in [0.25, 0.3) is 5.56 Å². The van der Waals surface area contributed by atoms with Crippen LogP contribution in [0.25, 0.3) is 5.69 Å². The second-order valence-corrected chi connectivity index (χ2v) is 4.36. The van der Waals surface area contributed by atoms with Gasteiger partial charge < -0.3 is 0 Å². The lowest BCUT2D eigenvalue weighted by Gasteiger charge is -2.07. The van der Waals surface area contributed by atoms with E-state index in [9.17, 15) is 9.59 Å². The van der Waals surface area contributed by atoms with E-state index in [0.717, 1.165) is 10.6 Å². The fourth-order valence-electron chi connectivity index (χ4n) is 1.36. The molecule has 2 rings (SSSR count). The van der Waals surface area contributed by atoms with Gasteiger partial charge in [-0.15, -0.1) is 0 Å². The number of nitrogens with one attached hydrogen (secondary N) is 1. The van der Waals surface area contributed by atoms with Gasteiger partial charge in [0.1, 0.15) is 5.15 Å². The monoisotopic (exact) mass is 290 g/mol. The summed E-state index contributed by atoms with van der Waals surface area (Å²) >= 11 is 17.3. The molecule has 0 aliphatic heterocycles. The van der Waals surface area contributed by atoms with Crippen LogP contribution in [0.3, 0.4) is 0 Å². The molecule has 0 saturated carbocycles. The highest BCUT2D eigenvalue weighted by Gasteiger charge is 2.11. The third-order valence-corrected chi connectivity index (χ3v) is 3.08. The van der Waals surface area contributed by atoms with Gasteiger partial charge in [0.2, 0.25) is 0 Å². The fraction of sp³-hybridized carbons (Fsp3) is 0. The van der Waals surface area contributed by atoms with Crippen molar-refractivity contribution in [3.05, 3.63) is 60.3 Å². The minimum Gasteiger partial charge on any atom is -0.297 e. The summed E-state index contributed by atoms with van der Waals surface area (Å²) in [6.45, 7) is 0. The summed E-state index contributed by atoms with van der Waals surface area (Å²) in [7, 11) is 0. The Morgan fingerprint density at radius 3 is 2.47 bits per heavy atom. The lowest BCUT2D eigenvalue weighted by Crippen LogP contribution is -2.33. The summed E-state index contributed by atoms with van der Waals surface area (Å²) in [5.41, 5.74) is -1.04. The highest BCUT2D eigenvalue weighted by Crippen LogP contribution is 2.26. The molecule has 2 aromatic rings. The molecule has 1 N–H and O–H groups in total. The molecule has 0 amide bonds. The van der Waals surface area contributed by atoms with Crippen LogP contribution in [0.4, 0.5) is 0 Å².